The van der Waals surface area contributed by atoms with Gasteiger partial charge in [-0.15, -0.1) is 11.6 Å². The number of ketones is 1. The number of alkyl halides is 1. The quantitative estimate of drug-likeness (QED) is 0.474. The van der Waals surface area contributed by atoms with Crippen LogP contribution in [0.2, 0.25) is 0 Å². The van der Waals surface area contributed by atoms with Crippen molar-refractivity contribution in [3.63, 3.8) is 0 Å². The topological polar surface area (TPSA) is 17.1 Å². The van der Waals surface area contributed by atoms with E-state index in [9.17, 15) is 4.79 Å². The van der Waals surface area contributed by atoms with Gasteiger partial charge in [0.25, 0.3) is 0 Å². The van der Waals surface area contributed by atoms with Crippen LogP contribution in [0.15, 0.2) is 0 Å². The fourth-order valence-corrected chi connectivity index (χ4v) is 2.37. The zero-order chi connectivity index (χ0) is 6.48. The molecule has 2 aliphatic rings. The first-order valence-electron chi connectivity index (χ1n) is 3.43. The van der Waals surface area contributed by atoms with E-state index in [4.69, 9.17) is 11.6 Å². The maximum atomic E-state index is 11.0. The number of hydrogen-bond acceptors (Lipinski definition) is 1. The lowest BCUT2D eigenvalue weighted by atomic mass is 9.99. The van der Waals surface area contributed by atoms with Crippen molar-refractivity contribution in [1.82, 2.24) is 0 Å². The van der Waals surface area contributed by atoms with Crippen molar-refractivity contribution in [3.05, 3.63) is 0 Å². The summed E-state index contributed by atoms with van der Waals surface area (Å²) in [5, 5.41) is 0. The predicted molar refractivity (Wildman–Crippen MR) is 35.5 cm³/mol. The minimum Gasteiger partial charge on any atom is -0.298 e. The molecule has 0 saturated heterocycles. The Bertz CT molecular complexity index is 166. The van der Waals surface area contributed by atoms with E-state index in [1.54, 1.807) is 0 Å². The van der Waals surface area contributed by atoms with Crippen molar-refractivity contribution in [2.75, 3.05) is 0 Å². The molecule has 50 valence electrons. The number of Topliss-reactive ketones (excluding diaryl/α,β-unsaturated/α-hetero) is 1. The number of carbonyl (C=O) groups is 1. The molecule has 1 nitrogen and oxygen atoms in total. The van der Waals surface area contributed by atoms with Crippen molar-refractivity contribution < 1.29 is 4.79 Å². The third-order valence-electron chi connectivity index (χ3n) is 2.53. The second-order valence-electron chi connectivity index (χ2n) is 3.20. The van der Waals surface area contributed by atoms with Crippen LogP contribution in [0.5, 0.6) is 0 Å². The lowest BCUT2D eigenvalue weighted by Gasteiger charge is -2.14. The monoisotopic (exact) mass is 144 g/mol. The Kier molecular flexibility index (Phi) is 0.963. The Morgan fingerprint density at radius 3 is 2.67 bits per heavy atom. The van der Waals surface area contributed by atoms with Crippen molar-refractivity contribution in [3.8, 4) is 0 Å². The van der Waals surface area contributed by atoms with Gasteiger partial charge in [-0.05, 0) is 25.2 Å². The molecule has 2 saturated carbocycles. The normalized spacial score (nSPS) is 48.6. The number of halogens is 1. The van der Waals surface area contributed by atoms with Crippen LogP contribution in [0.25, 0.3) is 0 Å². The average molecular weight is 145 g/mol. The highest BCUT2D eigenvalue weighted by atomic mass is 35.5. The average Bonchev–Trinajstić information content (AvgIpc) is 2.22. The van der Waals surface area contributed by atoms with Gasteiger partial charge in [-0.3, -0.25) is 4.79 Å². The molecule has 0 N–H and O–H groups in total. The van der Waals surface area contributed by atoms with E-state index in [2.05, 4.69) is 0 Å². The molecule has 2 atom stereocenters. The Morgan fingerprint density at radius 2 is 2.44 bits per heavy atom. The standard InChI is InChI=1S/C7H9ClO/c8-7-2-1-5(4-7)3-6(7)9/h5H,1-4H2. The van der Waals surface area contributed by atoms with Crippen molar-refractivity contribution >= 4 is 17.4 Å². The van der Waals surface area contributed by atoms with Crippen LogP contribution in [-0.4, -0.2) is 10.7 Å². The fraction of sp³-hybridized carbons (Fsp3) is 0.857. The molecule has 0 radical (unpaired) electrons. The molecule has 2 rings (SSSR count). The van der Waals surface area contributed by atoms with Gasteiger partial charge in [-0.2, -0.15) is 0 Å². The molecule has 0 aromatic rings. The second-order valence-corrected chi connectivity index (χ2v) is 3.92. The van der Waals surface area contributed by atoms with E-state index in [-0.39, 0.29) is 0 Å². The van der Waals surface area contributed by atoms with Gasteiger partial charge in [0.2, 0.25) is 0 Å². The molecular formula is C7H9ClO. The Hall–Kier alpha value is -0.0400. The zero-order valence-corrected chi connectivity index (χ0v) is 5.95. The molecule has 0 amide bonds. The molecule has 2 aliphatic carbocycles. The third-order valence-corrected chi connectivity index (χ3v) is 3.09. The molecule has 2 heteroatoms. The van der Waals surface area contributed by atoms with Crippen molar-refractivity contribution in [2.24, 2.45) is 5.92 Å². The molecule has 0 heterocycles. The van der Waals surface area contributed by atoms with Crippen LogP contribution >= 0.6 is 11.6 Å². The van der Waals surface area contributed by atoms with Crippen molar-refractivity contribution in [2.45, 2.75) is 30.6 Å². The maximum absolute atomic E-state index is 11.0. The van der Waals surface area contributed by atoms with Crippen LogP contribution in [0.1, 0.15) is 25.7 Å². The summed E-state index contributed by atoms with van der Waals surface area (Å²) >= 11 is 6.00. The lowest BCUT2D eigenvalue weighted by molar-refractivity contribution is -0.120. The van der Waals surface area contributed by atoms with Gasteiger partial charge in [0.1, 0.15) is 4.87 Å². The highest BCUT2D eigenvalue weighted by Crippen LogP contribution is 2.49. The van der Waals surface area contributed by atoms with Crippen molar-refractivity contribution in [1.29, 1.82) is 0 Å². The first kappa shape index (κ1) is 5.72. The maximum Gasteiger partial charge on any atom is 0.154 e. The highest BCUT2D eigenvalue weighted by molar-refractivity contribution is 6.36. The molecule has 2 bridgehead atoms. The number of carbonyl (C=O) groups excluding carboxylic acids is 1. The highest BCUT2D eigenvalue weighted by Gasteiger charge is 2.50. The molecule has 0 spiro atoms. The number of hydrogen-bond donors (Lipinski definition) is 0. The summed E-state index contributed by atoms with van der Waals surface area (Å²) < 4.78 is 0. The molecule has 0 aromatic carbocycles. The Morgan fingerprint density at radius 1 is 1.67 bits per heavy atom. The van der Waals surface area contributed by atoms with E-state index in [1.807, 2.05) is 0 Å². The molecular weight excluding hydrogens is 136 g/mol. The summed E-state index contributed by atoms with van der Waals surface area (Å²) in [5.74, 6) is 0.926. The van der Waals surface area contributed by atoms with Crippen LogP contribution in [-0.2, 0) is 4.79 Å². The smallest absolute Gasteiger partial charge is 0.154 e. The second kappa shape index (κ2) is 1.51. The minimum absolute atomic E-state index is 0.292. The Labute approximate surface area is 59.4 Å². The van der Waals surface area contributed by atoms with Gasteiger partial charge in [0, 0.05) is 6.42 Å². The largest absolute Gasteiger partial charge is 0.298 e. The molecule has 2 unspecified atom stereocenters. The first-order chi connectivity index (χ1) is 4.21. The van der Waals surface area contributed by atoms with Gasteiger partial charge in [-0.1, -0.05) is 0 Å². The molecule has 0 aromatic heterocycles. The predicted octanol–water partition coefficient (Wildman–Crippen LogP) is 1.74. The number of rotatable bonds is 0. The Balaban J connectivity index is 2.32. The summed E-state index contributed by atoms with van der Waals surface area (Å²) in [6.07, 6.45) is 3.81. The molecule has 9 heavy (non-hydrogen) atoms. The van der Waals surface area contributed by atoms with Gasteiger partial charge in [0.05, 0.1) is 0 Å². The van der Waals surface area contributed by atoms with Crippen LogP contribution in [0.3, 0.4) is 0 Å². The molecule has 0 aliphatic heterocycles. The first-order valence-corrected chi connectivity index (χ1v) is 3.81. The number of fused-ring (bicyclic) bond motifs is 2. The van der Waals surface area contributed by atoms with Gasteiger partial charge >= 0.3 is 0 Å². The SMILES string of the molecule is O=C1CC2CCC1(Cl)C2. The summed E-state index contributed by atoms with van der Waals surface area (Å²) in [5.41, 5.74) is 0. The summed E-state index contributed by atoms with van der Waals surface area (Å²) in [6.45, 7) is 0. The lowest BCUT2D eigenvalue weighted by Crippen LogP contribution is -2.25. The van der Waals surface area contributed by atoms with E-state index in [1.165, 1.54) is 6.42 Å². The minimum atomic E-state index is -0.398. The van der Waals surface area contributed by atoms with Gasteiger partial charge in [0.15, 0.2) is 5.78 Å². The van der Waals surface area contributed by atoms with Crippen LogP contribution in [0, 0.1) is 5.92 Å². The molecule has 2 fully saturated rings. The van der Waals surface area contributed by atoms with Crippen LogP contribution < -0.4 is 0 Å². The van der Waals surface area contributed by atoms with E-state index >= 15 is 0 Å². The van der Waals surface area contributed by atoms with E-state index in [0.29, 0.717) is 11.7 Å². The summed E-state index contributed by atoms with van der Waals surface area (Å²) in [4.78, 5) is 10.6. The van der Waals surface area contributed by atoms with Crippen LogP contribution in [0.4, 0.5) is 0 Å². The zero-order valence-electron chi connectivity index (χ0n) is 5.19. The van der Waals surface area contributed by atoms with E-state index in [0.717, 1.165) is 19.3 Å². The fourth-order valence-electron chi connectivity index (χ4n) is 1.97. The summed E-state index contributed by atoms with van der Waals surface area (Å²) in [7, 11) is 0. The van der Waals surface area contributed by atoms with Gasteiger partial charge in [-0.25, -0.2) is 0 Å². The third kappa shape index (κ3) is 0.644. The summed E-state index contributed by atoms with van der Waals surface area (Å²) in [6, 6.07) is 0. The van der Waals surface area contributed by atoms with E-state index < -0.39 is 4.87 Å². The van der Waals surface area contributed by atoms with Gasteiger partial charge < -0.3 is 0 Å².